The van der Waals surface area contributed by atoms with E-state index in [-0.39, 0.29) is 0 Å². The van der Waals surface area contributed by atoms with E-state index in [9.17, 15) is 0 Å². The van der Waals surface area contributed by atoms with Crippen molar-refractivity contribution in [1.82, 2.24) is 15.0 Å². The number of ether oxygens (including phenoxy) is 1. The van der Waals surface area contributed by atoms with Gasteiger partial charge in [0.1, 0.15) is 0 Å². The molecule has 6 nitrogen and oxygen atoms in total. The van der Waals surface area contributed by atoms with Crippen molar-refractivity contribution >= 4 is 11.9 Å². The van der Waals surface area contributed by atoms with Gasteiger partial charge >= 0.3 is 6.01 Å². The molecule has 0 amide bonds. The molecule has 6 heteroatoms. The highest BCUT2D eigenvalue weighted by atomic mass is 16.5. The Balaban J connectivity index is 2.14. The minimum atomic E-state index is 0.430. The first-order valence-electron chi connectivity index (χ1n) is 7.14. The quantitative estimate of drug-likeness (QED) is 0.775. The molecule has 1 aliphatic rings. The minimum absolute atomic E-state index is 0.430. The van der Waals surface area contributed by atoms with Crippen molar-refractivity contribution in [2.45, 2.75) is 33.6 Å². The van der Waals surface area contributed by atoms with Crippen LogP contribution >= 0.6 is 0 Å². The summed E-state index contributed by atoms with van der Waals surface area (Å²) in [7, 11) is 0. The third-order valence-corrected chi connectivity index (χ3v) is 3.13. The maximum Gasteiger partial charge on any atom is 0.323 e. The summed E-state index contributed by atoms with van der Waals surface area (Å²) in [5.41, 5.74) is 0. The van der Waals surface area contributed by atoms with Gasteiger partial charge in [-0.05, 0) is 39.5 Å². The lowest BCUT2D eigenvalue weighted by Gasteiger charge is -2.19. The summed E-state index contributed by atoms with van der Waals surface area (Å²) in [4.78, 5) is 15.2. The molecular formula is C13H23N5O. The first kappa shape index (κ1) is 13.8. The highest BCUT2D eigenvalue weighted by Crippen LogP contribution is 2.29. The first-order valence-corrected chi connectivity index (χ1v) is 7.14. The van der Waals surface area contributed by atoms with Gasteiger partial charge in [-0.2, -0.15) is 15.0 Å². The van der Waals surface area contributed by atoms with Crippen molar-refractivity contribution < 1.29 is 4.74 Å². The zero-order valence-corrected chi connectivity index (χ0v) is 12.0. The smallest absolute Gasteiger partial charge is 0.323 e. The molecule has 2 rings (SSSR count). The fourth-order valence-corrected chi connectivity index (χ4v) is 1.77. The van der Waals surface area contributed by atoms with Gasteiger partial charge in [-0.3, -0.25) is 0 Å². The van der Waals surface area contributed by atoms with Crippen molar-refractivity contribution in [2.24, 2.45) is 5.92 Å². The number of nitrogens with zero attached hydrogens (tertiary/aromatic N) is 4. The maximum atomic E-state index is 5.67. The van der Waals surface area contributed by atoms with Crippen LogP contribution in [0.4, 0.5) is 11.9 Å². The van der Waals surface area contributed by atoms with Crippen LogP contribution < -0.4 is 15.0 Å². The molecule has 0 aromatic carbocycles. The molecule has 0 spiro atoms. The highest BCUT2D eigenvalue weighted by Gasteiger charge is 2.23. The second-order valence-electron chi connectivity index (χ2n) is 4.70. The van der Waals surface area contributed by atoms with Crippen molar-refractivity contribution in [3.63, 3.8) is 0 Å². The number of hydrogen-bond acceptors (Lipinski definition) is 6. The molecule has 1 aromatic heterocycles. The number of nitrogens with one attached hydrogen (secondary N) is 1. The Morgan fingerprint density at radius 1 is 1.16 bits per heavy atom. The first-order chi connectivity index (χ1) is 9.26. The van der Waals surface area contributed by atoms with Crippen molar-refractivity contribution in [2.75, 3.05) is 36.5 Å². The standard InChI is InChI=1S/C13H23N5O/c1-4-14-11-15-12(18(5-2)6-3)17-13(16-11)19-9-10-7-8-10/h10H,4-9H2,1-3H3,(H,14,15,16,17). The van der Waals surface area contributed by atoms with E-state index in [0.29, 0.717) is 30.4 Å². The van der Waals surface area contributed by atoms with Crippen LogP contribution in [0.15, 0.2) is 0 Å². The number of hydrogen-bond donors (Lipinski definition) is 1. The van der Waals surface area contributed by atoms with Gasteiger partial charge in [0, 0.05) is 19.6 Å². The lowest BCUT2D eigenvalue weighted by molar-refractivity contribution is 0.276. The van der Waals surface area contributed by atoms with Crippen LogP contribution in [0.1, 0.15) is 33.6 Å². The summed E-state index contributed by atoms with van der Waals surface area (Å²) < 4.78 is 5.67. The lowest BCUT2D eigenvalue weighted by atomic mass is 10.5. The second kappa shape index (κ2) is 6.54. The molecule has 1 fully saturated rings. The van der Waals surface area contributed by atoms with Crippen molar-refractivity contribution in [1.29, 1.82) is 0 Å². The summed E-state index contributed by atoms with van der Waals surface area (Å²) >= 11 is 0. The topological polar surface area (TPSA) is 63.2 Å². The lowest BCUT2D eigenvalue weighted by Crippen LogP contribution is -2.25. The van der Waals surface area contributed by atoms with Crippen LogP contribution in [0, 0.1) is 5.92 Å². The highest BCUT2D eigenvalue weighted by molar-refractivity contribution is 5.38. The zero-order valence-electron chi connectivity index (χ0n) is 12.0. The minimum Gasteiger partial charge on any atom is -0.463 e. The number of aromatic nitrogens is 3. The van der Waals surface area contributed by atoms with Gasteiger partial charge in [0.05, 0.1) is 6.61 Å². The van der Waals surface area contributed by atoms with Gasteiger partial charge in [0.2, 0.25) is 11.9 Å². The molecule has 0 aliphatic heterocycles. The Labute approximate surface area is 114 Å². The zero-order chi connectivity index (χ0) is 13.7. The van der Waals surface area contributed by atoms with E-state index in [2.05, 4.69) is 39.0 Å². The van der Waals surface area contributed by atoms with Gasteiger partial charge in [0.15, 0.2) is 0 Å². The van der Waals surface area contributed by atoms with Crippen LogP contribution in [0.2, 0.25) is 0 Å². The van der Waals surface area contributed by atoms with Crippen LogP contribution in [0.5, 0.6) is 6.01 Å². The summed E-state index contributed by atoms with van der Waals surface area (Å²) in [6.45, 7) is 9.43. The van der Waals surface area contributed by atoms with E-state index in [4.69, 9.17) is 4.74 Å². The molecule has 1 aromatic rings. The monoisotopic (exact) mass is 265 g/mol. The van der Waals surface area contributed by atoms with E-state index in [1.165, 1.54) is 12.8 Å². The van der Waals surface area contributed by atoms with E-state index >= 15 is 0 Å². The Morgan fingerprint density at radius 2 is 1.89 bits per heavy atom. The maximum absolute atomic E-state index is 5.67. The van der Waals surface area contributed by atoms with Gasteiger partial charge < -0.3 is 15.0 Å². The predicted octanol–water partition coefficient (Wildman–Crippen LogP) is 1.94. The fourth-order valence-electron chi connectivity index (χ4n) is 1.77. The molecule has 0 unspecified atom stereocenters. The molecule has 0 bridgehead atoms. The second-order valence-corrected chi connectivity index (χ2v) is 4.70. The van der Waals surface area contributed by atoms with Crippen LogP contribution in [0.3, 0.4) is 0 Å². The van der Waals surface area contributed by atoms with E-state index in [0.717, 1.165) is 19.6 Å². The Kier molecular flexibility index (Phi) is 4.76. The van der Waals surface area contributed by atoms with E-state index < -0.39 is 0 Å². The molecule has 1 heterocycles. The Hall–Kier alpha value is -1.59. The molecule has 1 N–H and O–H groups in total. The number of rotatable bonds is 8. The van der Waals surface area contributed by atoms with Crippen molar-refractivity contribution in [3.8, 4) is 6.01 Å². The molecule has 1 saturated carbocycles. The summed E-state index contributed by atoms with van der Waals surface area (Å²) in [6, 6.07) is 0.430. The summed E-state index contributed by atoms with van der Waals surface area (Å²) in [6.07, 6.45) is 2.52. The summed E-state index contributed by atoms with van der Waals surface area (Å²) in [5.74, 6) is 1.96. The van der Waals surface area contributed by atoms with Crippen LogP contribution in [-0.2, 0) is 0 Å². The van der Waals surface area contributed by atoms with Crippen LogP contribution in [0.25, 0.3) is 0 Å². The molecule has 0 atom stereocenters. The molecule has 0 saturated heterocycles. The average molecular weight is 265 g/mol. The average Bonchev–Trinajstić information content (AvgIpc) is 3.22. The van der Waals surface area contributed by atoms with E-state index in [1.54, 1.807) is 0 Å². The molecule has 0 radical (unpaired) electrons. The fraction of sp³-hybridized carbons (Fsp3) is 0.769. The van der Waals surface area contributed by atoms with Gasteiger partial charge in [-0.1, -0.05) is 0 Å². The van der Waals surface area contributed by atoms with Gasteiger partial charge in [0.25, 0.3) is 0 Å². The largest absolute Gasteiger partial charge is 0.463 e. The summed E-state index contributed by atoms with van der Waals surface area (Å²) in [5, 5.41) is 3.13. The third-order valence-electron chi connectivity index (χ3n) is 3.13. The van der Waals surface area contributed by atoms with Gasteiger partial charge in [-0.15, -0.1) is 0 Å². The molecule has 106 valence electrons. The van der Waals surface area contributed by atoms with Gasteiger partial charge in [-0.25, -0.2) is 0 Å². The Bertz CT molecular complexity index is 404. The van der Waals surface area contributed by atoms with E-state index in [1.807, 2.05) is 6.92 Å². The molecular weight excluding hydrogens is 242 g/mol. The SMILES string of the molecule is CCNc1nc(OCC2CC2)nc(N(CC)CC)n1. The van der Waals surface area contributed by atoms with Crippen LogP contribution in [-0.4, -0.2) is 41.2 Å². The van der Waals surface area contributed by atoms with Crippen molar-refractivity contribution in [3.05, 3.63) is 0 Å². The predicted molar refractivity (Wildman–Crippen MR) is 75.8 cm³/mol. The molecule has 1 aliphatic carbocycles. The normalized spacial score (nSPS) is 14.3. The number of anilines is 2. The molecule has 19 heavy (non-hydrogen) atoms. The third kappa shape index (κ3) is 3.94. The Morgan fingerprint density at radius 3 is 2.47 bits per heavy atom.